The lowest BCUT2D eigenvalue weighted by Crippen LogP contribution is -2.13. The van der Waals surface area contributed by atoms with Crippen LogP contribution in [0.2, 0.25) is 0 Å². The molecule has 0 saturated heterocycles. The summed E-state index contributed by atoms with van der Waals surface area (Å²) in [7, 11) is 0. The van der Waals surface area contributed by atoms with Gasteiger partial charge in [0.15, 0.2) is 10.9 Å². The first-order chi connectivity index (χ1) is 11.0. The van der Waals surface area contributed by atoms with Gasteiger partial charge in [-0.25, -0.2) is 4.98 Å². The molecule has 0 radical (unpaired) electrons. The van der Waals surface area contributed by atoms with E-state index in [1.54, 1.807) is 22.7 Å². The average Bonchev–Trinajstić information content (AvgIpc) is 3.06. The number of Topliss-reactive ketones (excluding diaryl/α,β-unsaturated/α-hetero) is 1. The summed E-state index contributed by atoms with van der Waals surface area (Å²) in [5.41, 5.74) is 1.89. The highest BCUT2D eigenvalue weighted by Gasteiger charge is 2.17. The minimum Gasteiger partial charge on any atom is -0.302 e. The van der Waals surface area contributed by atoms with E-state index in [9.17, 15) is 9.59 Å². The predicted octanol–water partition coefficient (Wildman–Crippen LogP) is 4.30. The number of hydrogen-bond donors (Lipinski definition) is 1. The van der Waals surface area contributed by atoms with Crippen LogP contribution in [0.15, 0.2) is 6.07 Å². The molecule has 0 aliphatic heterocycles. The standard InChI is InChI=1S/C17H20N2O2S2/c1-10-9-12(11(2)22-10)14(20)7-8-16(21)19-17-18-13-5-3-4-6-15(13)23-17/h9H,3-8H2,1-2H3,(H,18,19,21). The van der Waals surface area contributed by atoms with Crippen LogP contribution in [0.3, 0.4) is 0 Å². The molecule has 122 valence electrons. The van der Waals surface area contributed by atoms with E-state index >= 15 is 0 Å². The van der Waals surface area contributed by atoms with Crippen LogP contribution in [-0.4, -0.2) is 16.7 Å². The van der Waals surface area contributed by atoms with E-state index in [-0.39, 0.29) is 24.5 Å². The highest BCUT2D eigenvalue weighted by atomic mass is 32.1. The van der Waals surface area contributed by atoms with Crippen LogP contribution in [0.1, 0.15) is 56.4 Å². The Balaban J connectivity index is 1.54. The average molecular weight is 348 g/mol. The summed E-state index contributed by atoms with van der Waals surface area (Å²) in [5.74, 6) is -0.0884. The number of hydrogen-bond acceptors (Lipinski definition) is 5. The lowest BCUT2D eigenvalue weighted by Gasteiger charge is -2.06. The Bertz CT molecular complexity index is 722. The number of nitrogens with one attached hydrogen (secondary N) is 1. The molecule has 0 saturated carbocycles. The Morgan fingerprint density at radius 2 is 1.96 bits per heavy atom. The van der Waals surface area contributed by atoms with E-state index in [2.05, 4.69) is 10.3 Å². The number of amides is 1. The third-order valence-electron chi connectivity index (χ3n) is 4.01. The number of thiazole rings is 1. The molecule has 0 aromatic carbocycles. The topological polar surface area (TPSA) is 59.1 Å². The van der Waals surface area contributed by atoms with Crippen LogP contribution in [0.5, 0.6) is 0 Å². The van der Waals surface area contributed by atoms with Gasteiger partial charge in [-0.1, -0.05) is 0 Å². The summed E-state index contributed by atoms with van der Waals surface area (Å²) < 4.78 is 0. The summed E-state index contributed by atoms with van der Waals surface area (Å²) in [6.07, 6.45) is 4.91. The van der Waals surface area contributed by atoms with Gasteiger partial charge in [0.05, 0.1) is 5.69 Å². The molecule has 1 aliphatic rings. The molecule has 2 heterocycles. The van der Waals surface area contributed by atoms with Gasteiger partial charge in [0.2, 0.25) is 5.91 Å². The van der Waals surface area contributed by atoms with Crippen molar-refractivity contribution in [2.45, 2.75) is 52.4 Å². The van der Waals surface area contributed by atoms with Crippen molar-refractivity contribution in [3.05, 3.63) is 32.0 Å². The summed E-state index contributed by atoms with van der Waals surface area (Å²) in [4.78, 5) is 32.2. The van der Waals surface area contributed by atoms with E-state index < -0.39 is 0 Å². The summed E-state index contributed by atoms with van der Waals surface area (Å²) in [6, 6.07) is 1.91. The zero-order valence-electron chi connectivity index (χ0n) is 13.4. The molecule has 0 bridgehead atoms. The quantitative estimate of drug-likeness (QED) is 0.820. The maximum atomic E-state index is 12.2. The van der Waals surface area contributed by atoms with E-state index in [4.69, 9.17) is 0 Å². The first kappa shape index (κ1) is 16.3. The number of carbonyl (C=O) groups excluding carboxylic acids is 2. The molecule has 23 heavy (non-hydrogen) atoms. The Morgan fingerprint density at radius 3 is 2.65 bits per heavy atom. The predicted molar refractivity (Wildman–Crippen MR) is 94.7 cm³/mol. The lowest BCUT2D eigenvalue weighted by atomic mass is 10.0. The summed E-state index contributed by atoms with van der Waals surface area (Å²) in [6.45, 7) is 3.94. The molecule has 3 rings (SSSR count). The maximum absolute atomic E-state index is 12.2. The number of anilines is 1. The fraction of sp³-hybridized carbons (Fsp3) is 0.471. The molecule has 6 heteroatoms. The van der Waals surface area contributed by atoms with Gasteiger partial charge in [-0.05, 0) is 45.6 Å². The van der Waals surface area contributed by atoms with E-state index in [1.807, 2.05) is 19.9 Å². The Hall–Kier alpha value is -1.53. The molecule has 2 aromatic heterocycles. The highest BCUT2D eigenvalue weighted by Crippen LogP contribution is 2.29. The zero-order valence-corrected chi connectivity index (χ0v) is 15.0. The van der Waals surface area contributed by atoms with E-state index in [0.717, 1.165) is 33.9 Å². The third kappa shape index (κ3) is 3.87. The molecule has 2 aromatic rings. The molecule has 0 fully saturated rings. The number of nitrogens with zero attached hydrogens (tertiary/aromatic N) is 1. The molecule has 0 spiro atoms. The molecule has 0 atom stereocenters. The SMILES string of the molecule is Cc1cc(C(=O)CCC(=O)Nc2nc3c(s2)CCCC3)c(C)s1. The molecule has 1 aliphatic carbocycles. The molecule has 0 unspecified atom stereocenters. The minimum atomic E-state index is -0.131. The van der Waals surface area contributed by atoms with Gasteiger partial charge in [0.1, 0.15) is 0 Å². The monoisotopic (exact) mass is 348 g/mol. The van der Waals surface area contributed by atoms with Crippen molar-refractivity contribution in [2.75, 3.05) is 5.32 Å². The number of fused-ring (bicyclic) bond motifs is 1. The molecule has 1 N–H and O–H groups in total. The van der Waals surface area contributed by atoms with Gasteiger partial charge < -0.3 is 5.32 Å². The minimum absolute atomic E-state index is 0.0421. The molecular weight excluding hydrogens is 328 g/mol. The van der Waals surface area contributed by atoms with Crippen LogP contribution in [-0.2, 0) is 17.6 Å². The first-order valence-corrected chi connectivity index (χ1v) is 9.55. The van der Waals surface area contributed by atoms with E-state index in [1.165, 1.54) is 17.7 Å². The second-order valence-electron chi connectivity index (χ2n) is 5.89. The Morgan fingerprint density at radius 1 is 1.17 bits per heavy atom. The van der Waals surface area contributed by atoms with Gasteiger partial charge in [-0.15, -0.1) is 22.7 Å². The van der Waals surface area contributed by atoms with Crippen molar-refractivity contribution >= 4 is 39.5 Å². The second kappa shape index (κ2) is 6.93. The van der Waals surface area contributed by atoms with Crippen molar-refractivity contribution in [3.63, 3.8) is 0 Å². The first-order valence-electron chi connectivity index (χ1n) is 7.91. The third-order valence-corrected chi connectivity index (χ3v) is 6.05. The maximum Gasteiger partial charge on any atom is 0.226 e. The van der Waals surface area contributed by atoms with Crippen LogP contribution in [0.4, 0.5) is 5.13 Å². The smallest absolute Gasteiger partial charge is 0.226 e. The molecule has 4 nitrogen and oxygen atoms in total. The lowest BCUT2D eigenvalue weighted by molar-refractivity contribution is -0.116. The Labute approximate surface area is 144 Å². The second-order valence-corrected chi connectivity index (χ2v) is 8.44. The van der Waals surface area contributed by atoms with Gasteiger partial charge in [-0.2, -0.15) is 0 Å². The largest absolute Gasteiger partial charge is 0.302 e. The van der Waals surface area contributed by atoms with Crippen molar-refractivity contribution in [1.29, 1.82) is 0 Å². The number of rotatable bonds is 5. The fourth-order valence-corrected chi connectivity index (χ4v) is 4.87. The van der Waals surface area contributed by atoms with Gasteiger partial charge in [-0.3, -0.25) is 9.59 Å². The summed E-state index contributed by atoms with van der Waals surface area (Å²) in [5, 5.41) is 3.52. The van der Waals surface area contributed by atoms with Crippen molar-refractivity contribution in [1.82, 2.24) is 4.98 Å². The van der Waals surface area contributed by atoms with Crippen molar-refractivity contribution in [2.24, 2.45) is 0 Å². The van der Waals surface area contributed by atoms with Gasteiger partial charge in [0.25, 0.3) is 0 Å². The van der Waals surface area contributed by atoms with Gasteiger partial charge >= 0.3 is 0 Å². The van der Waals surface area contributed by atoms with Crippen molar-refractivity contribution in [3.8, 4) is 0 Å². The highest BCUT2D eigenvalue weighted by molar-refractivity contribution is 7.15. The van der Waals surface area contributed by atoms with Crippen LogP contribution in [0.25, 0.3) is 0 Å². The van der Waals surface area contributed by atoms with Gasteiger partial charge in [0, 0.05) is 33.0 Å². The van der Waals surface area contributed by atoms with Crippen LogP contribution >= 0.6 is 22.7 Å². The van der Waals surface area contributed by atoms with Crippen molar-refractivity contribution < 1.29 is 9.59 Å². The normalized spacial score (nSPS) is 13.7. The number of thiophene rings is 1. The van der Waals surface area contributed by atoms with Crippen LogP contribution in [0, 0.1) is 13.8 Å². The Kier molecular flexibility index (Phi) is 4.92. The molecule has 1 amide bonds. The fourth-order valence-electron chi connectivity index (χ4n) is 2.86. The van der Waals surface area contributed by atoms with E-state index in [0.29, 0.717) is 5.13 Å². The summed E-state index contributed by atoms with van der Waals surface area (Å²) >= 11 is 3.19. The number of aromatic nitrogens is 1. The number of aryl methyl sites for hydroxylation is 4. The van der Waals surface area contributed by atoms with Crippen LogP contribution < -0.4 is 5.32 Å². The number of carbonyl (C=O) groups is 2. The molecular formula is C17H20N2O2S2. The zero-order chi connectivity index (χ0) is 16.4. The number of ketones is 1.